The van der Waals surface area contributed by atoms with E-state index in [2.05, 4.69) is 52.2 Å². The monoisotopic (exact) mass is 421 g/mol. The van der Waals surface area contributed by atoms with Gasteiger partial charge >= 0.3 is 0 Å². The maximum atomic E-state index is 6.35. The second-order valence-electron chi connectivity index (χ2n) is 5.23. The average Bonchev–Trinajstić information content (AvgIpc) is 3.10. The summed E-state index contributed by atoms with van der Waals surface area (Å²) in [5.74, 6) is 1.06. The van der Waals surface area contributed by atoms with Crippen molar-refractivity contribution in [3.05, 3.63) is 62.7 Å². The van der Waals surface area contributed by atoms with Gasteiger partial charge in [-0.1, -0.05) is 35.9 Å². The summed E-state index contributed by atoms with van der Waals surface area (Å²) in [6.07, 6.45) is 0.987. The van der Waals surface area contributed by atoms with E-state index >= 15 is 0 Å². The average molecular weight is 422 g/mol. The van der Waals surface area contributed by atoms with Gasteiger partial charge in [0.2, 0.25) is 0 Å². The van der Waals surface area contributed by atoms with Crippen LogP contribution in [0.15, 0.2) is 48.5 Å². The summed E-state index contributed by atoms with van der Waals surface area (Å²) in [4.78, 5) is 0. The molecule has 2 aromatic carbocycles. The summed E-state index contributed by atoms with van der Waals surface area (Å²) in [5.41, 5.74) is 4.37. The molecule has 1 N–H and O–H groups in total. The summed E-state index contributed by atoms with van der Waals surface area (Å²) >= 11 is 8.68. The molecule has 0 saturated heterocycles. The van der Waals surface area contributed by atoms with Crippen LogP contribution in [0, 0.1) is 3.57 Å². The minimum atomic E-state index is 0.704. The first-order chi connectivity index (χ1) is 10.7. The van der Waals surface area contributed by atoms with E-state index in [1.165, 1.54) is 9.13 Å². The molecular weight excluding hydrogens is 409 g/mol. The van der Waals surface area contributed by atoms with E-state index in [0.29, 0.717) is 5.02 Å². The minimum absolute atomic E-state index is 0.704. The van der Waals surface area contributed by atoms with Gasteiger partial charge in [0, 0.05) is 21.2 Å². The quantitative estimate of drug-likeness (QED) is 0.604. The van der Waals surface area contributed by atoms with E-state index < -0.39 is 0 Å². The fourth-order valence-electron chi connectivity index (χ4n) is 2.84. The van der Waals surface area contributed by atoms with Gasteiger partial charge in [0.1, 0.15) is 5.82 Å². The highest BCUT2D eigenvalue weighted by molar-refractivity contribution is 14.1. The fourth-order valence-corrected chi connectivity index (χ4v) is 3.60. The Labute approximate surface area is 147 Å². The lowest BCUT2D eigenvalue weighted by atomic mass is 10.1. The number of benzene rings is 2. The molecule has 0 fully saturated rings. The third-order valence-electron chi connectivity index (χ3n) is 3.83. The van der Waals surface area contributed by atoms with E-state index in [-0.39, 0.29) is 0 Å². The smallest absolute Gasteiger partial charge is 0.133 e. The number of aromatic nitrogens is 2. The highest BCUT2D eigenvalue weighted by atomic mass is 127. The minimum Gasteiger partial charge on any atom is -0.369 e. The van der Waals surface area contributed by atoms with Crippen LogP contribution in [0.2, 0.25) is 5.02 Å². The maximum Gasteiger partial charge on any atom is 0.133 e. The van der Waals surface area contributed by atoms with Gasteiger partial charge in [-0.15, -0.1) is 0 Å². The number of hydrogen-bond donors (Lipinski definition) is 1. The van der Waals surface area contributed by atoms with Crippen LogP contribution in [0.1, 0.15) is 5.56 Å². The number of anilines is 1. The van der Waals surface area contributed by atoms with Gasteiger partial charge in [-0.25, -0.2) is 4.68 Å². The number of rotatable bonds is 2. The molecular formula is C17H13ClIN3. The molecule has 0 amide bonds. The lowest BCUT2D eigenvalue weighted by molar-refractivity contribution is 0.882. The topological polar surface area (TPSA) is 29.9 Å². The van der Waals surface area contributed by atoms with E-state index in [0.717, 1.165) is 35.7 Å². The number of hydrogen-bond acceptors (Lipinski definition) is 2. The molecule has 0 spiro atoms. The Morgan fingerprint density at radius 3 is 2.82 bits per heavy atom. The molecule has 110 valence electrons. The van der Waals surface area contributed by atoms with Crippen LogP contribution in [-0.4, -0.2) is 16.3 Å². The molecule has 5 heteroatoms. The Kier molecular flexibility index (Phi) is 3.58. The number of nitrogens with one attached hydrogen (secondary N) is 1. The Morgan fingerprint density at radius 2 is 2.00 bits per heavy atom. The third-order valence-corrected chi connectivity index (χ3v) is 4.82. The van der Waals surface area contributed by atoms with Crippen LogP contribution in [0.4, 0.5) is 5.82 Å². The predicted octanol–water partition coefficient (Wildman–Crippen LogP) is 4.77. The van der Waals surface area contributed by atoms with E-state index in [1.54, 1.807) is 0 Å². The van der Waals surface area contributed by atoms with E-state index in [9.17, 15) is 0 Å². The summed E-state index contributed by atoms with van der Waals surface area (Å²) in [6.45, 7) is 0.939. The van der Waals surface area contributed by atoms with Gasteiger partial charge in [-0.3, -0.25) is 0 Å². The SMILES string of the molecule is Clc1ccccc1-n1nc(-c2cccc(I)c2)c2c1NCC2. The number of halogens is 2. The molecule has 1 aromatic heterocycles. The van der Waals surface area contributed by atoms with Crippen LogP contribution in [0.3, 0.4) is 0 Å². The normalized spacial score (nSPS) is 13.0. The molecule has 0 unspecified atom stereocenters. The molecule has 1 aliphatic heterocycles. The van der Waals surface area contributed by atoms with Crippen LogP contribution >= 0.6 is 34.2 Å². The molecule has 0 saturated carbocycles. The molecule has 22 heavy (non-hydrogen) atoms. The Bertz CT molecular complexity index is 857. The van der Waals surface area contributed by atoms with Crippen LogP contribution < -0.4 is 5.32 Å². The van der Waals surface area contributed by atoms with Gasteiger partial charge < -0.3 is 5.32 Å². The lowest BCUT2D eigenvalue weighted by Gasteiger charge is -2.08. The van der Waals surface area contributed by atoms with E-state index in [1.807, 2.05) is 28.9 Å². The first-order valence-electron chi connectivity index (χ1n) is 7.10. The Hall–Kier alpha value is -1.53. The van der Waals surface area contributed by atoms with Crippen molar-refractivity contribution in [2.75, 3.05) is 11.9 Å². The molecule has 0 aliphatic carbocycles. The molecule has 0 atom stereocenters. The third kappa shape index (κ3) is 2.30. The van der Waals surface area contributed by atoms with Crippen molar-refractivity contribution >= 4 is 40.0 Å². The zero-order valence-electron chi connectivity index (χ0n) is 11.7. The van der Waals surface area contributed by atoms with Crippen molar-refractivity contribution in [3.63, 3.8) is 0 Å². The molecule has 0 radical (unpaired) electrons. The molecule has 3 aromatic rings. The fraction of sp³-hybridized carbons (Fsp3) is 0.118. The number of fused-ring (bicyclic) bond motifs is 1. The molecule has 3 nitrogen and oxygen atoms in total. The number of para-hydroxylation sites is 1. The van der Waals surface area contributed by atoms with Gasteiger partial charge in [0.15, 0.2) is 0 Å². The lowest BCUT2D eigenvalue weighted by Crippen LogP contribution is -2.04. The van der Waals surface area contributed by atoms with E-state index in [4.69, 9.17) is 16.7 Å². The standard InChI is InChI=1S/C17H13ClIN3/c18-14-6-1-2-7-15(14)22-17-13(8-9-20-17)16(21-22)11-4-3-5-12(19)10-11/h1-7,10,20H,8-9H2. The maximum absolute atomic E-state index is 6.35. The molecule has 0 bridgehead atoms. The Balaban J connectivity index is 1.93. The second-order valence-corrected chi connectivity index (χ2v) is 6.88. The van der Waals surface area contributed by atoms with Gasteiger partial charge in [0.25, 0.3) is 0 Å². The van der Waals surface area contributed by atoms with Gasteiger partial charge in [-0.05, 0) is 53.3 Å². The zero-order chi connectivity index (χ0) is 15.1. The highest BCUT2D eigenvalue weighted by Crippen LogP contribution is 2.36. The van der Waals surface area contributed by atoms with Gasteiger partial charge in [0.05, 0.1) is 16.4 Å². The summed E-state index contributed by atoms with van der Waals surface area (Å²) in [5, 5.41) is 8.98. The van der Waals surface area contributed by atoms with Crippen molar-refractivity contribution in [1.29, 1.82) is 0 Å². The predicted molar refractivity (Wildman–Crippen MR) is 98.9 cm³/mol. The molecule has 4 rings (SSSR count). The van der Waals surface area contributed by atoms with Crippen LogP contribution in [0.25, 0.3) is 16.9 Å². The van der Waals surface area contributed by atoms with Crippen LogP contribution in [-0.2, 0) is 6.42 Å². The van der Waals surface area contributed by atoms with Gasteiger partial charge in [-0.2, -0.15) is 5.10 Å². The Morgan fingerprint density at radius 1 is 1.14 bits per heavy atom. The first kappa shape index (κ1) is 14.1. The largest absolute Gasteiger partial charge is 0.369 e. The highest BCUT2D eigenvalue weighted by Gasteiger charge is 2.24. The molecule has 1 aliphatic rings. The van der Waals surface area contributed by atoms with Crippen molar-refractivity contribution in [2.45, 2.75) is 6.42 Å². The zero-order valence-corrected chi connectivity index (χ0v) is 14.6. The summed E-state index contributed by atoms with van der Waals surface area (Å²) < 4.78 is 3.14. The molecule has 2 heterocycles. The summed E-state index contributed by atoms with van der Waals surface area (Å²) in [7, 11) is 0. The van der Waals surface area contributed by atoms with Crippen LogP contribution in [0.5, 0.6) is 0 Å². The van der Waals surface area contributed by atoms with Crippen molar-refractivity contribution in [3.8, 4) is 16.9 Å². The van der Waals surface area contributed by atoms with Crippen molar-refractivity contribution in [2.24, 2.45) is 0 Å². The first-order valence-corrected chi connectivity index (χ1v) is 8.56. The summed E-state index contributed by atoms with van der Waals surface area (Å²) in [6, 6.07) is 16.2. The second kappa shape index (κ2) is 5.59. The number of nitrogens with zero attached hydrogens (tertiary/aromatic N) is 2. The van der Waals surface area contributed by atoms with Crippen molar-refractivity contribution < 1.29 is 0 Å². The van der Waals surface area contributed by atoms with Crippen molar-refractivity contribution in [1.82, 2.24) is 9.78 Å².